The lowest BCUT2D eigenvalue weighted by Gasteiger charge is -2.34. The first-order valence-corrected chi connectivity index (χ1v) is 12.5. The first kappa shape index (κ1) is 22.2. The van der Waals surface area contributed by atoms with Crippen molar-refractivity contribution in [2.45, 2.75) is 45.3 Å². The van der Waals surface area contributed by atoms with Gasteiger partial charge in [-0.2, -0.15) is 0 Å². The van der Waals surface area contributed by atoms with Gasteiger partial charge in [-0.05, 0) is 61.8 Å². The van der Waals surface area contributed by atoms with E-state index < -0.39 is 10.0 Å². The Hall–Kier alpha value is -1.44. The molecule has 1 aromatic carbocycles. The molecule has 0 radical (unpaired) electrons. The zero-order valence-corrected chi connectivity index (χ0v) is 18.6. The van der Waals surface area contributed by atoms with Crippen molar-refractivity contribution in [3.63, 3.8) is 0 Å². The quantitative estimate of drug-likeness (QED) is 0.655. The van der Waals surface area contributed by atoms with Gasteiger partial charge < -0.3 is 10.2 Å². The summed E-state index contributed by atoms with van der Waals surface area (Å²) in [7, 11) is -3.25. The highest BCUT2D eigenvalue weighted by Crippen LogP contribution is 2.21. The number of rotatable bonds is 8. The van der Waals surface area contributed by atoms with Crippen LogP contribution in [0.2, 0.25) is 0 Å². The molecule has 2 atom stereocenters. The number of likely N-dealkylation sites (tertiary alicyclic amines) is 1. The Morgan fingerprint density at radius 2 is 1.69 bits per heavy atom. The van der Waals surface area contributed by atoms with Crippen molar-refractivity contribution in [2.24, 2.45) is 11.8 Å². The topological polar surface area (TPSA) is 69.7 Å². The molecule has 0 aromatic heterocycles. The Labute approximate surface area is 175 Å². The second-order valence-corrected chi connectivity index (χ2v) is 10.8. The number of amides is 1. The summed E-state index contributed by atoms with van der Waals surface area (Å²) >= 11 is 0. The molecule has 1 aromatic rings. The summed E-state index contributed by atoms with van der Waals surface area (Å²) in [5, 5.41) is 2.98. The maximum atomic E-state index is 12.4. The molecule has 0 spiro atoms. The van der Waals surface area contributed by atoms with E-state index in [0.717, 1.165) is 56.3 Å². The molecule has 7 heteroatoms. The van der Waals surface area contributed by atoms with E-state index in [9.17, 15) is 13.2 Å². The minimum Gasteiger partial charge on any atom is -0.352 e. The molecule has 2 aliphatic heterocycles. The fourth-order valence-corrected chi connectivity index (χ4v) is 6.21. The summed E-state index contributed by atoms with van der Waals surface area (Å²) in [6.45, 7) is 9.84. The lowest BCUT2D eigenvalue weighted by atomic mass is 9.92. The zero-order chi connectivity index (χ0) is 20.9. The van der Waals surface area contributed by atoms with Gasteiger partial charge in [0.25, 0.3) is 5.91 Å². The summed E-state index contributed by atoms with van der Waals surface area (Å²) in [6, 6.07) is 6.94. The van der Waals surface area contributed by atoms with E-state index in [4.69, 9.17) is 0 Å². The Morgan fingerprint density at radius 3 is 2.31 bits per heavy atom. The molecule has 2 saturated heterocycles. The molecule has 1 amide bonds. The van der Waals surface area contributed by atoms with Gasteiger partial charge in [-0.25, -0.2) is 12.7 Å². The SMILES string of the molecule is C[C@@H]1C[C@@H](C)CN(CCCNC(=O)c2ccc(CS(=O)(=O)N3CCCC3)cc2)C1. The van der Waals surface area contributed by atoms with Crippen LogP contribution in [0.5, 0.6) is 0 Å². The van der Waals surface area contributed by atoms with Gasteiger partial charge in [0.15, 0.2) is 0 Å². The highest BCUT2D eigenvalue weighted by molar-refractivity contribution is 7.88. The second kappa shape index (κ2) is 10.0. The van der Waals surface area contributed by atoms with E-state index >= 15 is 0 Å². The number of benzene rings is 1. The number of nitrogens with zero attached hydrogens (tertiary/aromatic N) is 2. The fourth-order valence-electron chi connectivity index (χ4n) is 4.60. The van der Waals surface area contributed by atoms with Gasteiger partial charge >= 0.3 is 0 Å². The molecule has 1 N–H and O–H groups in total. The van der Waals surface area contributed by atoms with Gasteiger partial charge in [0.1, 0.15) is 0 Å². The van der Waals surface area contributed by atoms with Gasteiger partial charge in [0.05, 0.1) is 5.75 Å². The molecule has 29 heavy (non-hydrogen) atoms. The number of hydrogen-bond acceptors (Lipinski definition) is 4. The van der Waals surface area contributed by atoms with E-state index in [1.165, 1.54) is 6.42 Å². The van der Waals surface area contributed by atoms with Crippen LogP contribution in [0.3, 0.4) is 0 Å². The molecule has 2 fully saturated rings. The van der Waals surface area contributed by atoms with Crippen molar-refractivity contribution in [1.82, 2.24) is 14.5 Å². The predicted molar refractivity (Wildman–Crippen MR) is 116 cm³/mol. The third-order valence-electron chi connectivity index (χ3n) is 5.90. The number of sulfonamides is 1. The largest absolute Gasteiger partial charge is 0.352 e. The molecule has 2 aliphatic rings. The normalized spacial score (nSPS) is 23.9. The van der Waals surface area contributed by atoms with E-state index in [1.54, 1.807) is 28.6 Å². The molecule has 0 bridgehead atoms. The summed E-state index contributed by atoms with van der Waals surface area (Å²) < 4.78 is 26.4. The summed E-state index contributed by atoms with van der Waals surface area (Å²) in [6.07, 6.45) is 4.13. The first-order chi connectivity index (χ1) is 13.8. The average Bonchev–Trinajstić information content (AvgIpc) is 3.20. The number of carbonyl (C=O) groups is 1. The van der Waals surface area contributed by atoms with Crippen molar-refractivity contribution in [3.8, 4) is 0 Å². The highest BCUT2D eigenvalue weighted by Gasteiger charge is 2.25. The van der Waals surface area contributed by atoms with Crippen LogP contribution >= 0.6 is 0 Å². The van der Waals surface area contributed by atoms with Crippen molar-refractivity contribution in [2.75, 3.05) is 39.3 Å². The Bertz CT molecular complexity index is 763. The highest BCUT2D eigenvalue weighted by atomic mass is 32.2. The molecule has 0 unspecified atom stereocenters. The maximum absolute atomic E-state index is 12.4. The summed E-state index contributed by atoms with van der Waals surface area (Å²) in [5.41, 5.74) is 1.30. The lowest BCUT2D eigenvalue weighted by Crippen LogP contribution is -2.40. The van der Waals surface area contributed by atoms with Gasteiger partial charge in [-0.3, -0.25) is 4.79 Å². The van der Waals surface area contributed by atoms with Crippen LogP contribution in [0.1, 0.15) is 55.5 Å². The molecular formula is C22H35N3O3S. The van der Waals surface area contributed by atoms with Gasteiger partial charge in [-0.15, -0.1) is 0 Å². The van der Waals surface area contributed by atoms with E-state index in [-0.39, 0.29) is 11.7 Å². The van der Waals surface area contributed by atoms with Crippen molar-refractivity contribution >= 4 is 15.9 Å². The van der Waals surface area contributed by atoms with Gasteiger partial charge in [0.2, 0.25) is 10.0 Å². The summed E-state index contributed by atoms with van der Waals surface area (Å²) in [5.74, 6) is 1.41. The molecule has 162 valence electrons. The van der Waals surface area contributed by atoms with Crippen LogP contribution in [0, 0.1) is 11.8 Å². The van der Waals surface area contributed by atoms with Crippen LogP contribution in [-0.4, -0.2) is 62.8 Å². The monoisotopic (exact) mass is 421 g/mol. The van der Waals surface area contributed by atoms with Crippen molar-refractivity contribution in [3.05, 3.63) is 35.4 Å². The molecule has 3 rings (SSSR count). The average molecular weight is 422 g/mol. The van der Waals surface area contributed by atoms with E-state index in [0.29, 0.717) is 25.2 Å². The Balaban J connectivity index is 1.42. The number of hydrogen-bond donors (Lipinski definition) is 1. The van der Waals surface area contributed by atoms with Crippen LogP contribution in [0.4, 0.5) is 0 Å². The third-order valence-corrected chi connectivity index (χ3v) is 7.75. The zero-order valence-electron chi connectivity index (χ0n) is 17.8. The molecule has 0 aliphatic carbocycles. The second-order valence-electron chi connectivity index (χ2n) is 8.87. The van der Waals surface area contributed by atoms with Crippen LogP contribution in [-0.2, 0) is 15.8 Å². The number of carbonyl (C=O) groups excluding carboxylic acids is 1. The van der Waals surface area contributed by atoms with Crippen LogP contribution in [0.15, 0.2) is 24.3 Å². The van der Waals surface area contributed by atoms with Crippen molar-refractivity contribution < 1.29 is 13.2 Å². The molecule has 2 heterocycles. The molecule has 6 nitrogen and oxygen atoms in total. The van der Waals surface area contributed by atoms with E-state index in [2.05, 4.69) is 24.1 Å². The minimum atomic E-state index is -3.25. The fraction of sp³-hybridized carbons (Fsp3) is 0.682. The summed E-state index contributed by atoms with van der Waals surface area (Å²) in [4.78, 5) is 14.9. The van der Waals surface area contributed by atoms with Crippen LogP contribution in [0.25, 0.3) is 0 Å². The first-order valence-electron chi connectivity index (χ1n) is 10.9. The Morgan fingerprint density at radius 1 is 1.07 bits per heavy atom. The molecular weight excluding hydrogens is 386 g/mol. The number of piperidine rings is 1. The predicted octanol–water partition coefficient (Wildman–Crippen LogP) is 2.71. The van der Waals surface area contributed by atoms with Crippen LogP contribution < -0.4 is 5.32 Å². The lowest BCUT2D eigenvalue weighted by molar-refractivity contribution is 0.0947. The van der Waals surface area contributed by atoms with Gasteiger partial charge in [-0.1, -0.05) is 26.0 Å². The molecule has 0 saturated carbocycles. The standard InChI is InChI=1S/C22H35N3O3S/c1-18-14-19(2)16-24(15-18)11-5-10-23-22(26)21-8-6-20(7-9-21)17-29(27,28)25-12-3-4-13-25/h6-9,18-19H,3-5,10-17H2,1-2H3,(H,23,26)/t18-,19-/m1/s1. The third kappa shape index (κ3) is 6.52. The minimum absolute atomic E-state index is 0.00157. The number of nitrogens with one attached hydrogen (secondary N) is 1. The smallest absolute Gasteiger partial charge is 0.251 e. The van der Waals surface area contributed by atoms with Gasteiger partial charge in [0, 0.05) is 38.3 Å². The van der Waals surface area contributed by atoms with Crippen molar-refractivity contribution in [1.29, 1.82) is 0 Å². The Kier molecular flexibility index (Phi) is 7.71. The van der Waals surface area contributed by atoms with E-state index in [1.807, 2.05) is 0 Å². The maximum Gasteiger partial charge on any atom is 0.251 e.